The van der Waals surface area contributed by atoms with Gasteiger partial charge in [0.05, 0.1) is 11.1 Å². The predicted octanol–water partition coefficient (Wildman–Crippen LogP) is 10.7. The van der Waals surface area contributed by atoms with Crippen LogP contribution in [0.3, 0.4) is 0 Å². The zero-order chi connectivity index (χ0) is 45.4. The highest BCUT2D eigenvalue weighted by atomic mass is 28.4. The number of hydrogen-bond acceptors (Lipinski definition) is 14. The molecule has 334 valence electrons. The average molecular weight is 893 g/mol. The molecule has 19 heteroatoms. The molecule has 0 aliphatic heterocycles. The Bertz CT molecular complexity index is 2570. The van der Waals surface area contributed by atoms with E-state index in [9.17, 15) is 32.3 Å². The van der Waals surface area contributed by atoms with Crippen LogP contribution < -0.4 is 0 Å². The maximum atomic E-state index is 14.0. The van der Waals surface area contributed by atoms with Crippen LogP contribution in [-0.2, 0) is 4.43 Å². The molecule has 2 saturated carbocycles. The fraction of sp³-hybridized carbons (Fsp3) is 0.455. The fourth-order valence-corrected chi connectivity index (χ4v) is 8.55. The molecule has 0 saturated heterocycles. The molecule has 8 rings (SSSR count). The van der Waals surface area contributed by atoms with Gasteiger partial charge in [0.1, 0.15) is 46.9 Å². The quantitative estimate of drug-likeness (QED) is 0.0616. The van der Waals surface area contributed by atoms with Crippen LogP contribution in [0.25, 0.3) is 22.6 Å². The number of aliphatic hydroxyl groups excluding tert-OH is 1. The van der Waals surface area contributed by atoms with Crippen molar-refractivity contribution in [2.45, 2.75) is 115 Å². The maximum Gasteiger partial charge on any atom is 0.244 e. The molecule has 0 bridgehead atoms. The van der Waals surface area contributed by atoms with Crippen LogP contribution in [0.2, 0.25) is 18.1 Å². The first-order valence-corrected chi connectivity index (χ1v) is 23.6. The minimum Gasteiger partial charge on any atom is -0.422 e. The van der Waals surface area contributed by atoms with Crippen molar-refractivity contribution in [3.63, 3.8) is 0 Å². The number of Topliss-reactive ketones (excluding diaryl/α,β-unsaturated/α-hetero) is 2. The smallest absolute Gasteiger partial charge is 0.244 e. The third-order valence-corrected chi connectivity index (χ3v) is 16.6. The van der Waals surface area contributed by atoms with Crippen molar-refractivity contribution in [2.24, 2.45) is 11.8 Å². The molecule has 0 spiro atoms. The summed E-state index contributed by atoms with van der Waals surface area (Å²) >= 11 is 0. The van der Waals surface area contributed by atoms with Gasteiger partial charge in [0.25, 0.3) is 0 Å². The highest BCUT2D eigenvalue weighted by Crippen LogP contribution is 2.45. The van der Waals surface area contributed by atoms with E-state index in [1.54, 1.807) is 6.92 Å². The van der Waals surface area contributed by atoms with Gasteiger partial charge in [-0.05, 0) is 93.8 Å². The Labute approximate surface area is 360 Å². The molecule has 2 aliphatic carbocycles. The van der Waals surface area contributed by atoms with E-state index >= 15 is 0 Å². The van der Waals surface area contributed by atoms with E-state index in [1.165, 1.54) is 24.3 Å². The minimum absolute atomic E-state index is 0.0435. The van der Waals surface area contributed by atoms with Crippen LogP contribution in [0, 0.1) is 35.1 Å². The summed E-state index contributed by atoms with van der Waals surface area (Å²) in [6, 6.07) is 8.99. The van der Waals surface area contributed by atoms with Crippen LogP contribution in [0.1, 0.15) is 142 Å². The molecule has 6 aromatic rings. The van der Waals surface area contributed by atoms with Gasteiger partial charge in [-0.2, -0.15) is 0 Å². The standard InChI is InChI=1S/C25H31F2N3O4Si.C19H17F2N3O4/c1-14(34-35(5,6)25(2,3)4)23-28-29-24(32-23)16-9-15(10-16)11-21(31)20-13-22(33-30-20)18-8-7-17(26)12-19(18)27;1-9(25)18-22-23-19(27-18)11-4-10(5-11)6-16(26)15-8-17(28-24-15)13-3-2-12(20)7-14(13)21/h7-8,12-16H,9-11H2,1-6H3;2-3,7-11,25H,4-6H2,1H3/t14-,15?,16?;9-,10?,11?/m11/s1. The Morgan fingerprint density at radius 3 is 1.54 bits per heavy atom. The summed E-state index contributed by atoms with van der Waals surface area (Å²) in [6.07, 6.45) is 2.40. The van der Waals surface area contributed by atoms with Crippen LogP contribution >= 0.6 is 0 Å². The topological polar surface area (TPSA) is 193 Å². The maximum absolute atomic E-state index is 14.0. The molecule has 4 aromatic heterocycles. The van der Waals surface area contributed by atoms with Crippen molar-refractivity contribution in [2.75, 3.05) is 0 Å². The molecular weight excluding hydrogens is 845 g/mol. The van der Waals surface area contributed by atoms with Crippen LogP contribution in [0.15, 0.2) is 66.4 Å². The van der Waals surface area contributed by atoms with Crippen molar-refractivity contribution < 1.29 is 54.6 Å². The van der Waals surface area contributed by atoms with Gasteiger partial charge < -0.3 is 27.4 Å². The van der Waals surface area contributed by atoms with E-state index < -0.39 is 37.7 Å². The predicted molar refractivity (Wildman–Crippen MR) is 218 cm³/mol. The van der Waals surface area contributed by atoms with Crippen molar-refractivity contribution in [3.8, 4) is 22.6 Å². The SMILES string of the molecule is C[C@@H](O)c1nnc(C2CC(CC(=O)c3cc(-c4ccc(F)cc4F)on3)C2)o1.C[C@@H](O[Si](C)(C)C(C)(C)C)c1nnc(C2CC(CC(=O)c3cc(-c4ccc(F)cc4F)on3)C2)o1. The first-order valence-electron chi connectivity index (χ1n) is 20.7. The third kappa shape index (κ3) is 10.4. The number of ketones is 2. The van der Waals surface area contributed by atoms with Gasteiger partial charge in [0.2, 0.25) is 23.6 Å². The van der Waals surface area contributed by atoms with Crippen LogP contribution in [-0.4, -0.2) is 55.7 Å². The van der Waals surface area contributed by atoms with E-state index in [0.29, 0.717) is 36.9 Å². The van der Waals surface area contributed by atoms with E-state index in [0.717, 1.165) is 37.1 Å². The summed E-state index contributed by atoms with van der Waals surface area (Å²) in [5, 5.41) is 33.1. The second kappa shape index (κ2) is 18.2. The highest BCUT2D eigenvalue weighted by Gasteiger charge is 2.41. The lowest BCUT2D eigenvalue weighted by atomic mass is 9.72. The Morgan fingerprint density at radius 1 is 0.714 bits per heavy atom. The lowest BCUT2D eigenvalue weighted by molar-refractivity contribution is 0.0897. The summed E-state index contributed by atoms with van der Waals surface area (Å²) in [4.78, 5) is 25.0. The number of hydrogen-bond donors (Lipinski definition) is 1. The van der Waals surface area contributed by atoms with Crippen molar-refractivity contribution in [1.29, 1.82) is 0 Å². The zero-order valence-corrected chi connectivity index (χ0v) is 36.8. The lowest BCUT2D eigenvalue weighted by Gasteiger charge is -2.37. The molecular formula is C44H48F4N6O8Si. The largest absolute Gasteiger partial charge is 0.422 e. The third-order valence-electron chi connectivity index (χ3n) is 12.0. The van der Waals surface area contributed by atoms with Gasteiger partial charge in [0.15, 0.2) is 31.4 Å². The molecule has 14 nitrogen and oxygen atoms in total. The first kappa shape index (κ1) is 45.4. The summed E-state index contributed by atoms with van der Waals surface area (Å²) in [6.45, 7) is 14.4. The second-order valence-electron chi connectivity index (χ2n) is 17.9. The van der Waals surface area contributed by atoms with Gasteiger partial charge in [0, 0.05) is 48.9 Å². The number of rotatable bonds is 14. The number of benzene rings is 2. The summed E-state index contributed by atoms with van der Waals surface area (Å²) in [5.41, 5.74) is 0.336. The average Bonchev–Trinajstić information content (AvgIpc) is 4.01. The number of carbonyl (C=O) groups is 2. The summed E-state index contributed by atoms with van der Waals surface area (Å²) in [7, 11) is -1.97. The number of halogens is 4. The van der Waals surface area contributed by atoms with E-state index in [4.69, 9.17) is 22.3 Å². The molecule has 1 N–H and O–H groups in total. The van der Waals surface area contributed by atoms with Crippen LogP contribution in [0.4, 0.5) is 17.6 Å². The molecule has 0 radical (unpaired) electrons. The molecule has 2 aliphatic rings. The van der Waals surface area contributed by atoms with Crippen molar-refractivity contribution in [1.82, 2.24) is 30.7 Å². The minimum atomic E-state index is -1.97. The first-order chi connectivity index (χ1) is 29.7. The highest BCUT2D eigenvalue weighted by molar-refractivity contribution is 6.74. The van der Waals surface area contributed by atoms with E-state index in [-0.39, 0.29) is 92.7 Å². The van der Waals surface area contributed by atoms with Gasteiger partial charge in [-0.1, -0.05) is 31.1 Å². The lowest BCUT2D eigenvalue weighted by Crippen LogP contribution is -2.41. The van der Waals surface area contributed by atoms with Crippen molar-refractivity contribution >= 4 is 19.9 Å². The Hall–Kier alpha value is -5.66. The van der Waals surface area contributed by atoms with Gasteiger partial charge in [-0.15, -0.1) is 20.4 Å². The van der Waals surface area contributed by atoms with Crippen molar-refractivity contribution in [3.05, 3.63) is 107 Å². The van der Waals surface area contributed by atoms with E-state index in [1.807, 2.05) is 6.92 Å². The van der Waals surface area contributed by atoms with E-state index in [2.05, 4.69) is 64.6 Å². The molecule has 2 atom stereocenters. The van der Waals surface area contributed by atoms with Crippen LogP contribution in [0.5, 0.6) is 0 Å². The summed E-state index contributed by atoms with van der Waals surface area (Å²) in [5.74, 6) is -1.00. The zero-order valence-electron chi connectivity index (χ0n) is 35.8. The molecule has 2 aromatic carbocycles. The Morgan fingerprint density at radius 2 is 1.14 bits per heavy atom. The Balaban J connectivity index is 0.000000193. The van der Waals surface area contributed by atoms with Gasteiger partial charge >= 0.3 is 0 Å². The monoisotopic (exact) mass is 892 g/mol. The molecule has 0 unspecified atom stereocenters. The number of carbonyl (C=O) groups excluding carboxylic acids is 2. The molecule has 4 heterocycles. The molecule has 2 fully saturated rings. The fourth-order valence-electron chi connectivity index (χ4n) is 7.21. The number of aliphatic hydroxyl groups is 1. The van der Waals surface area contributed by atoms with Gasteiger partial charge in [-0.3, -0.25) is 9.59 Å². The number of aromatic nitrogens is 6. The Kier molecular flexibility index (Phi) is 13.1. The molecule has 63 heavy (non-hydrogen) atoms. The normalized spacial score (nSPS) is 19.7. The summed E-state index contributed by atoms with van der Waals surface area (Å²) < 4.78 is 81.8. The second-order valence-corrected chi connectivity index (χ2v) is 22.6. The van der Waals surface area contributed by atoms with Gasteiger partial charge in [-0.25, -0.2) is 17.6 Å². The molecule has 0 amide bonds. The number of nitrogens with zero attached hydrogens (tertiary/aromatic N) is 6.